The fourth-order valence-corrected chi connectivity index (χ4v) is 1.68. The van der Waals surface area contributed by atoms with Gasteiger partial charge in [0.1, 0.15) is 0 Å². The van der Waals surface area contributed by atoms with Crippen LogP contribution in [0.15, 0.2) is 0 Å². The van der Waals surface area contributed by atoms with Crippen molar-refractivity contribution in [2.24, 2.45) is 5.84 Å². The van der Waals surface area contributed by atoms with Crippen LogP contribution in [0.1, 0.15) is 25.7 Å². The van der Waals surface area contributed by atoms with Gasteiger partial charge in [0.05, 0.1) is 6.10 Å². The molecule has 0 aromatic heterocycles. The standard InChI is InChI=1S/C9H19N3O2/c10-11-9(14)2-1-5-12-6-3-8(13)4-7-12/h8,13H,1-7,10H2,(H,11,14). The van der Waals surface area contributed by atoms with Gasteiger partial charge < -0.3 is 10.0 Å². The molecule has 0 radical (unpaired) electrons. The highest BCUT2D eigenvalue weighted by Gasteiger charge is 2.16. The predicted octanol–water partition coefficient (Wildman–Crippen LogP) is -0.787. The molecule has 1 amide bonds. The number of aliphatic hydroxyl groups is 1. The van der Waals surface area contributed by atoms with Crippen LogP contribution in [-0.4, -0.2) is 41.7 Å². The Labute approximate surface area is 84.2 Å². The molecule has 1 heterocycles. The van der Waals surface area contributed by atoms with Crippen molar-refractivity contribution in [2.75, 3.05) is 19.6 Å². The lowest BCUT2D eigenvalue weighted by atomic mass is 10.1. The lowest BCUT2D eigenvalue weighted by Crippen LogP contribution is -2.37. The number of likely N-dealkylation sites (tertiary alicyclic amines) is 1. The van der Waals surface area contributed by atoms with Gasteiger partial charge in [0.2, 0.25) is 5.91 Å². The average Bonchev–Trinajstić information content (AvgIpc) is 2.21. The van der Waals surface area contributed by atoms with Crippen LogP contribution in [0.3, 0.4) is 0 Å². The Morgan fingerprint density at radius 1 is 1.50 bits per heavy atom. The Kier molecular flexibility index (Phi) is 4.86. The van der Waals surface area contributed by atoms with Gasteiger partial charge in [-0.2, -0.15) is 0 Å². The number of nitrogens with one attached hydrogen (secondary N) is 1. The first kappa shape index (κ1) is 11.4. The zero-order valence-electron chi connectivity index (χ0n) is 8.41. The molecule has 1 aliphatic rings. The number of piperidine rings is 1. The predicted molar refractivity (Wildman–Crippen MR) is 53.2 cm³/mol. The molecular formula is C9H19N3O2. The van der Waals surface area contributed by atoms with E-state index in [1.54, 1.807) is 0 Å². The van der Waals surface area contributed by atoms with Crippen LogP contribution < -0.4 is 11.3 Å². The quantitative estimate of drug-likeness (QED) is 0.316. The summed E-state index contributed by atoms with van der Waals surface area (Å²) in [7, 11) is 0. The van der Waals surface area contributed by atoms with Crippen molar-refractivity contribution >= 4 is 5.91 Å². The average molecular weight is 201 g/mol. The van der Waals surface area contributed by atoms with Crippen LogP contribution in [0.2, 0.25) is 0 Å². The minimum absolute atomic E-state index is 0.109. The SMILES string of the molecule is NNC(=O)CCCN1CCC(O)CC1. The number of nitrogens with zero attached hydrogens (tertiary/aromatic N) is 1. The Hall–Kier alpha value is -0.650. The minimum atomic E-state index is -0.126. The number of hydrogen-bond donors (Lipinski definition) is 3. The highest BCUT2D eigenvalue weighted by atomic mass is 16.3. The number of hydrazine groups is 1. The molecule has 5 nitrogen and oxygen atoms in total. The van der Waals surface area contributed by atoms with E-state index in [-0.39, 0.29) is 12.0 Å². The van der Waals surface area contributed by atoms with Gasteiger partial charge >= 0.3 is 0 Å². The number of carbonyl (C=O) groups is 1. The summed E-state index contributed by atoms with van der Waals surface area (Å²) in [5.74, 6) is 4.85. The Balaban J connectivity index is 2.04. The minimum Gasteiger partial charge on any atom is -0.393 e. The molecule has 82 valence electrons. The Morgan fingerprint density at radius 2 is 2.14 bits per heavy atom. The van der Waals surface area contributed by atoms with Crippen LogP contribution in [-0.2, 0) is 4.79 Å². The second-order valence-corrected chi connectivity index (χ2v) is 3.74. The van der Waals surface area contributed by atoms with Crippen molar-refractivity contribution in [2.45, 2.75) is 31.8 Å². The molecule has 1 rings (SSSR count). The molecule has 1 fully saturated rings. The number of carbonyl (C=O) groups excluding carboxylic acids is 1. The maximum atomic E-state index is 10.8. The van der Waals surface area contributed by atoms with E-state index in [1.165, 1.54) is 0 Å². The van der Waals surface area contributed by atoms with Gasteiger partial charge in [0, 0.05) is 19.5 Å². The first-order chi connectivity index (χ1) is 6.72. The zero-order valence-corrected chi connectivity index (χ0v) is 8.41. The van der Waals surface area contributed by atoms with Gasteiger partial charge in [-0.3, -0.25) is 10.2 Å². The molecule has 0 aliphatic carbocycles. The smallest absolute Gasteiger partial charge is 0.233 e. The molecular weight excluding hydrogens is 182 g/mol. The number of amides is 1. The monoisotopic (exact) mass is 201 g/mol. The van der Waals surface area contributed by atoms with E-state index in [9.17, 15) is 9.90 Å². The second kappa shape index (κ2) is 5.95. The van der Waals surface area contributed by atoms with E-state index < -0.39 is 0 Å². The highest BCUT2D eigenvalue weighted by Crippen LogP contribution is 2.10. The molecule has 0 spiro atoms. The fraction of sp³-hybridized carbons (Fsp3) is 0.889. The third-order valence-corrected chi connectivity index (χ3v) is 2.60. The number of hydrogen-bond acceptors (Lipinski definition) is 4. The molecule has 0 unspecified atom stereocenters. The van der Waals surface area contributed by atoms with Crippen molar-refractivity contribution in [3.63, 3.8) is 0 Å². The van der Waals surface area contributed by atoms with Crippen LogP contribution >= 0.6 is 0 Å². The van der Waals surface area contributed by atoms with E-state index >= 15 is 0 Å². The summed E-state index contributed by atoms with van der Waals surface area (Å²) in [6.07, 6.45) is 2.89. The summed E-state index contributed by atoms with van der Waals surface area (Å²) in [4.78, 5) is 13.1. The van der Waals surface area contributed by atoms with Crippen molar-refractivity contribution in [1.82, 2.24) is 10.3 Å². The van der Waals surface area contributed by atoms with Gasteiger partial charge in [-0.25, -0.2) is 5.84 Å². The zero-order chi connectivity index (χ0) is 10.4. The lowest BCUT2D eigenvalue weighted by Gasteiger charge is -2.29. The van der Waals surface area contributed by atoms with E-state index in [1.807, 2.05) is 0 Å². The van der Waals surface area contributed by atoms with Crippen molar-refractivity contribution < 1.29 is 9.90 Å². The number of aliphatic hydroxyl groups excluding tert-OH is 1. The van der Waals surface area contributed by atoms with E-state index in [2.05, 4.69) is 10.3 Å². The van der Waals surface area contributed by atoms with E-state index in [0.29, 0.717) is 6.42 Å². The number of rotatable bonds is 4. The van der Waals surface area contributed by atoms with Gasteiger partial charge in [-0.15, -0.1) is 0 Å². The summed E-state index contributed by atoms with van der Waals surface area (Å²) in [5.41, 5.74) is 2.11. The Bertz CT molecular complexity index is 179. The van der Waals surface area contributed by atoms with Crippen LogP contribution in [0, 0.1) is 0 Å². The van der Waals surface area contributed by atoms with Gasteiger partial charge in [0.25, 0.3) is 0 Å². The molecule has 0 aromatic rings. The largest absolute Gasteiger partial charge is 0.393 e. The second-order valence-electron chi connectivity index (χ2n) is 3.74. The summed E-state index contributed by atoms with van der Waals surface area (Å²) in [6.45, 7) is 2.79. The van der Waals surface area contributed by atoms with Crippen molar-refractivity contribution in [1.29, 1.82) is 0 Å². The fourth-order valence-electron chi connectivity index (χ4n) is 1.68. The molecule has 1 aliphatic heterocycles. The molecule has 14 heavy (non-hydrogen) atoms. The molecule has 0 atom stereocenters. The lowest BCUT2D eigenvalue weighted by molar-refractivity contribution is -0.121. The van der Waals surface area contributed by atoms with Gasteiger partial charge in [-0.05, 0) is 25.8 Å². The summed E-state index contributed by atoms with van der Waals surface area (Å²) in [6, 6.07) is 0. The van der Waals surface area contributed by atoms with E-state index in [4.69, 9.17) is 5.84 Å². The van der Waals surface area contributed by atoms with Crippen molar-refractivity contribution in [3.05, 3.63) is 0 Å². The molecule has 1 saturated heterocycles. The summed E-state index contributed by atoms with van der Waals surface area (Å²) >= 11 is 0. The van der Waals surface area contributed by atoms with Crippen molar-refractivity contribution in [3.8, 4) is 0 Å². The normalized spacial score (nSPS) is 19.6. The first-order valence-electron chi connectivity index (χ1n) is 5.12. The van der Waals surface area contributed by atoms with Gasteiger partial charge in [0.15, 0.2) is 0 Å². The third-order valence-electron chi connectivity index (χ3n) is 2.60. The third kappa shape index (κ3) is 4.04. The molecule has 0 aromatic carbocycles. The van der Waals surface area contributed by atoms with Crippen LogP contribution in [0.5, 0.6) is 0 Å². The molecule has 5 heteroatoms. The summed E-state index contributed by atoms with van der Waals surface area (Å²) in [5, 5.41) is 9.27. The molecule has 4 N–H and O–H groups in total. The number of nitrogens with two attached hydrogens (primary N) is 1. The summed E-state index contributed by atoms with van der Waals surface area (Å²) < 4.78 is 0. The molecule has 0 bridgehead atoms. The maximum absolute atomic E-state index is 10.8. The van der Waals surface area contributed by atoms with Crippen LogP contribution in [0.4, 0.5) is 0 Å². The van der Waals surface area contributed by atoms with Crippen LogP contribution in [0.25, 0.3) is 0 Å². The topological polar surface area (TPSA) is 78.6 Å². The highest BCUT2D eigenvalue weighted by molar-refractivity contribution is 5.75. The Morgan fingerprint density at radius 3 is 2.71 bits per heavy atom. The van der Waals surface area contributed by atoms with E-state index in [0.717, 1.165) is 38.9 Å². The molecule has 0 saturated carbocycles. The maximum Gasteiger partial charge on any atom is 0.233 e. The first-order valence-corrected chi connectivity index (χ1v) is 5.12. The van der Waals surface area contributed by atoms with Gasteiger partial charge in [-0.1, -0.05) is 0 Å².